The summed E-state index contributed by atoms with van der Waals surface area (Å²) in [6.45, 7) is 3.90. The van der Waals surface area contributed by atoms with Gasteiger partial charge in [0.25, 0.3) is 0 Å². The second kappa shape index (κ2) is 10.3. The zero-order valence-corrected chi connectivity index (χ0v) is 21.2. The number of allylic oxidation sites excluding steroid dienone is 1. The molecule has 0 heteroatoms. The van der Waals surface area contributed by atoms with Gasteiger partial charge in [-0.05, 0) is 76.1 Å². The smallest absolute Gasteiger partial charge is 0.0130 e. The maximum absolute atomic E-state index is 3.90. The molecule has 0 spiro atoms. The third kappa shape index (κ3) is 4.13. The number of benzene rings is 4. The first-order chi connectivity index (χ1) is 17.9. The number of unbranched alkanes of at least 4 members (excludes halogenated alkanes) is 4. The molecule has 1 atom stereocenters. The molecule has 4 aromatic carbocycles. The van der Waals surface area contributed by atoms with Crippen molar-refractivity contribution in [1.82, 2.24) is 0 Å². The van der Waals surface area contributed by atoms with Crippen molar-refractivity contribution in [1.29, 1.82) is 0 Å². The molecule has 0 radical (unpaired) electrons. The normalized spacial score (nSPS) is 14.7. The zero-order valence-electron chi connectivity index (χ0n) is 21.2. The number of hydrogen-bond acceptors (Lipinski definition) is 0. The molecule has 4 aromatic rings. The van der Waals surface area contributed by atoms with Crippen LogP contribution in [0.25, 0.3) is 22.3 Å². The third-order valence-corrected chi connectivity index (χ3v) is 8.59. The van der Waals surface area contributed by atoms with Crippen molar-refractivity contribution < 1.29 is 0 Å². The average Bonchev–Trinajstić information content (AvgIpc) is 3.43. The fraction of sp³-hybridized carbons (Fsp3) is 0.278. The highest BCUT2D eigenvalue weighted by molar-refractivity contribution is 5.80. The second-order valence-corrected chi connectivity index (χ2v) is 10.7. The van der Waals surface area contributed by atoms with E-state index in [1.165, 1.54) is 83.0 Å². The predicted octanol–water partition coefficient (Wildman–Crippen LogP) is 10.1. The maximum Gasteiger partial charge on any atom is 0.0130 e. The Hall–Kier alpha value is -3.38. The molecule has 0 amide bonds. The van der Waals surface area contributed by atoms with E-state index in [0.717, 1.165) is 6.42 Å². The van der Waals surface area contributed by atoms with Crippen molar-refractivity contribution >= 4 is 0 Å². The lowest BCUT2D eigenvalue weighted by molar-refractivity contribution is 0.374. The Morgan fingerprint density at radius 1 is 0.556 bits per heavy atom. The highest BCUT2D eigenvalue weighted by Crippen LogP contribution is 2.54. The van der Waals surface area contributed by atoms with Crippen molar-refractivity contribution in [2.45, 2.75) is 56.8 Å². The standard InChI is InChI=1S/C36H36/c1-2-3-4-5-6-7-16-26(36-33-23-14-12-19-29(33)30-20-13-15-24-34(30)36)25-35-31-21-10-8-17-27(31)28-18-9-11-22-32(28)35/h2,8-15,17-24,26,35-36H,1,3-7,16,25H2. The van der Waals surface area contributed by atoms with Crippen LogP contribution in [0.5, 0.6) is 0 Å². The first kappa shape index (κ1) is 23.0. The molecular formula is C36H36. The van der Waals surface area contributed by atoms with Crippen LogP contribution >= 0.6 is 0 Å². The van der Waals surface area contributed by atoms with Crippen LogP contribution in [0.3, 0.4) is 0 Å². The summed E-state index contributed by atoms with van der Waals surface area (Å²) in [6, 6.07) is 36.6. The maximum atomic E-state index is 3.90. The lowest BCUT2D eigenvalue weighted by atomic mass is 9.74. The first-order valence-electron chi connectivity index (χ1n) is 13.8. The van der Waals surface area contributed by atoms with E-state index >= 15 is 0 Å². The molecular weight excluding hydrogens is 432 g/mol. The van der Waals surface area contributed by atoms with Gasteiger partial charge >= 0.3 is 0 Å². The molecule has 180 valence electrons. The average molecular weight is 469 g/mol. The second-order valence-electron chi connectivity index (χ2n) is 10.7. The molecule has 0 N–H and O–H groups in total. The first-order valence-corrected chi connectivity index (χ1v) is 13.8. The van der Waals surface area contributed by atoms with Crippen LogP contribution in [0, 0.1) is 5.92 Å². The Morgan fingerprint density at radius 2 is 1.00 bits per heavy atom. The molecule has 0 heterocycles. The van der Waals surface area contributed by atoms with Gasteiger partial charge in [0.15, 0.2) is 0 Å². The van der Waals surface area contributed by atoms with E-state index in [9.17, 15) is 0 Å². The minimum absolute atomic E-state index is 0.475. The summed E-state index contributed by atoms with van der Waals surface area (Å²) < 4.78 is 0. The number of rotatable bonds is 10. The Balaban J connectivity index is 1.36. The summed E-state index contributed by atoms with van der Waals surface area (Å²) in [5.41, 5.74) is 11.9. The van der Waals surface area contributed by atoms with Gasteiger partial charge in [-0.25, -0.2) is 0 Å². The van der Waals surface area contributed by atoms with Crippen LogP contribution < -0.4 is 0 Å². The lowest BCUT2D eigenvalue weighted by Gasteiger charge is -2.29. The van der Waals surface area contributed by atoms with E-state index in [1.54, 1.807) is 0 Å². The van der Waals surface area contributed by atoms with Gasteiger partial charge in [0, 0.05) is 11.8 Å². The van der Waals surface area contributed by atoms with Gasteiger partial charge < -0.3 is 0 Å². The van der Waals surface area contributed by atoms with E-state index in [4.69, 9.17) is 0 Å². The fourth-order valence-corrected chi connectivity index (χ4v) is 6.99. The van der Waals surface area contributed by atoms with Crippen LogP contribution in [0.2, 0.25) is 0 Å². The molecule has 0 aromatic heterocycles. The van der Waals surface area contributed by atoms with Crippen LogP contribution in [0.1, 0.15) is 79.0 Å². The molecule has 0 saturated heterocycles. The molecule has 0 saturated carbocycles. The summed E-state index contributed by atoms with van der Waals surface area (Å²) in [5, 5.41) is 0. The highest BCUT2D eigenvalue weighted by atomic mass is 14.4. The minimum atomic E-state index is 0.475. The highest BCUT2D eigenvalue weighted by Gasteiger charge is 2.37. The summed E-state index contributed by atoms with van der Waals surface area (Å²) in [7, 11) is 0. The minimum Gasteiger partial charge on any atom is -0.103 e. The monoisotopic (exact) mass is 468 g/mol. The number of fused-ring (bicyclic) bond motifs is 6. The summed E-state index contributed by atoms with van der Waals surface area (Å²) in [5.74, 6) is 1.56. The van der Waals surface area contributed by atoms with E-state index in [0.29, 0.717) is 17.8 Å². The van der Waals surface area contributed by atoms with Crippen LogP contribution in [0.4, 0.5) is 0 Å². The van der Waals surface area contributed by atoms with Gasteiger partial charge in [0.1, 0.15) is 0 Å². The van der Waals surface area contributed by atoms with E-state index < -0.39 is 0 Å². The summed E-state index contributed by atoms with van der Waals surface area (Å²) >= 11 is 0. The van der Waals surface area contributed by atoms with E-state index in [-0.39, 0.29) is 0 Å². The Kier molecular flexibility index (Phi) is 6.60. The Bertz CT molecular complexity index is 1270. The van der Waals surface area contributed by atoms with Gasteiger partial charge in [-0.1, -0.05) is 122 Å². The SMILES string of the molecule is C=CCCCCCCC(CC1c2ccccc2-c2ccccc21)C1c2ccccc2-c2ccccc21. The molecule has 0 nitrogen and oxygen atoms in total. The lowest BCUT2D eigenvalue weighted by Crippen LogP contribution is -2.16. The van der Waals surface area contributed by atoms with Gasteiger partial charge in [0.2, 0.25) is 0 Å². The molecule has 0 fully saturated rings. The Labute approximate surface area is 216 Å². The molecule has 2 aliphatic rings. The van der Waals surface area contributed by atoms with Gasteiger partial charge in [-0.15, -0.1) is 6.58 Å². The molecule has 0 aliphatic heterocycles. The fourth-order valence-electron chi connectivity index (χ4n) is 6.99. The summed E-state index contributed by atoms with van der Waals surface area (Å²) in [6.07, 6.45) is 10.9. The summed E-state index contributed by atoms with van der Waals surface area (Å²) in [4.78, 5) is 0. The van der Waals surface area contributed by atoms with Gasteiger partial charge in [-0.2, -0.15) is 0 Å². The third-order valence-electron chi connectivity index (χ3n) is 8.59. The predicted molar refractivity (Wildman–Crippen MR) is 153 cm³/mol. The molecule has 2 aliphatic carbocycles. The molecule has 1 unspecified atom stereocenters. The van der Waals surface area contributed by atoms with Crippen molar-refractivity contribution in [3.8, 4) is 22.3 Å². The van der Waals surface area contributed by atoms with Crippen molar-refractivity contribution in [2.75, 3.05) is 0 Å². The van der Waals surface area contributed by atoms with Gasteiger partial charge in [0.05, 0.1) is 0 Å². The van der Waals surface area contributed by atoms with Crippen LogP contribution in [0.15, 0.2) is 110 Å². The zero-order chi connectivity index (χ0) is 24.3. The number of hydrogen-bond donors (Lipinski definition) is 0. The van der Waals surface area contributed by atoms with Gasteiger partial charge in [-0.3, -0.25) is 0 Å². The van der Waals surface area contributed by atoms with Crippen LogP contribution in [-0.2, 0) is 0 Å². The van der Waals surface area contributed by atoms with Crippen molar-refractivity contribution in [3.63, 3.8) is 0 Å². The molecule has 0 bridgehead atoms. The Morgan fingerprint density at radius 3 is 1.53 bits per heavy atom. The van der Waals surface area contributed by atoms with E-state index in [2.05, 4.69) is 110 Å². The quantitative estimate of drug-likeness (QED) is 0.160. The largest absolute Gasteiger partial charge is 0.103 e. The van der Waals surface area contributed by atoms with Crippen molar-refractivity contribution in [2.24, 2.45) is 5.92 Å². The molecule has 36 heavy (non-hydrogen) atoms. The van der Waals surface area contributed by atoms with E-state index in [1.807, 2.05) is 0 Å². The molecule has 6 rings (SSSR count). The topological polar surface area (TPSA) is 0 Å². The van der Waals surface area contributed by atoms with Crippen molar-refractivity contribution in [3.05, 3.63) is 132 Å². The van der Waals surface area contributed by atoms with Crippen LogP contribution in [-0.4, -0.2) is 0 Å².